The van der Waals surface area contributed by atoms with Crippen molar-refractivity contribution in [3.8, 4) is 0 Å². The molecule has 0 aromatic rings. The average molecular weight is 365 g/mol. The minimum absolute atomic E-state index is 0.256. The molecule has 0 unspecified atom stereocenters. The number of rotatable bonds is 14. The minimum atomic E-state index is -4.65. The summed E-state index contributed by atoms with van der Waals surface area (Å²) in [4.78, 5) is 29.5. The molecule has 142 valence electrons. The van der Waals surface area contributed by atoms with Crippen molar-refractivity contribution in [2.24, 2.45) is 0 Å². The molecular weight excluding hydrogens is 333 g/mol. The van der Waals surface area contributed by atoms with E-state index in [0.717, 1.165) is 44.9 Å². The molecule has 7 nitrogen and oxygen atoms in total. The van der Waals surface area contributed by atoms with Crippen molar-refractivity contribution in [3.63, 3.8) is 0 Å². The van der Waals surface area contributed by atoms with Crippen LogP contribution >= 0.6 is 7.82 Å². The van der Waals surface area contributed by atoms with Crippen LogP contribution in [0.3, 0.4) is 0 Å². The molecule has 0 aromatic heterocycles. The van der Waals surface area contributed by atoms with Gasteiger partial charge >= 0.3 is 7.82 Å². The normalized spacial score (nSPS) is 14.7. The van der Waals surface area contributed by atoms with E-state index in [9.17, 15) is 14.5 Å². The average Bonchev–Trinajstić information content (AvgIpc) is 2.50. The van der Waals surface area contributed by atoms with Gasteiger partial charge in [0.15, 0.2) is 0 Å². The zero-order chi connectivity index (χ0) is 18.4. The van der Waals surface area contributed by atoms with Crippen molar-refractivity contribution in [1.29, 1.82) is 0 Å². The first-order valence-corrected chi connectivity index (χ1v) is 10.2. The molecule has 0 saturated carbocycles. The van der Waals surface area contributed by atoms with Gasteiger partial charge in [0, 0.05) is 6.42 Å². The molecule has 8 heteroatoms. The zero-order valence-corrected chi connectivity index (χ0v) is 15.6. The number of unbranched alkanes of at least 4 members (excludes halogenated alkanes) is 5. The first kappa shape index (κ1) is 23.3. The summed E-state index contributed by atoms with van der Waals surface area (Å²) >= 11 is 0. The van der Waals surface area contributed by atoms with Crippen LogP contribution in [-0.2, 0) is 13.9 Å². The number of carbonyl (C=O) groups excluding carboxylic acids is 1. The van der Waals surface area contributed by atoms with Gasteiger partial charge in [-0.15, -0.1) is 0 Å². The summed E-state index contributed by atoms with van der Waals surface area (Å²) in [5, 5.41) is 12.7. The number of amides is 1. The van der Waals surface area contributed by atoms with Gasteiger partial charge in [-0.25, -0.2) is 4.57 Å². The van der Waals surface area contributed by atoms with Crippen LogP contribution in [0.4, 0.5) is 0 Å². The van der Waals surface area contributed by atoms with E-state index in [2.05, 4.69) is 16.8 Å². The van der Waals surface area contributed by atoms with Crippen molar-refractivity contribution < 1.29 is 28.8 Å². The Labute approximate surface area is 144 Å². The van der Waals surface area contributed by atoms with Crippen LogP contribution in [0, 0.1) is 0 Å². The summed E-state index contributed by atoms with van der Waals surface area (Å²) in [5.41, 5.74) is 0. The van der Waals surface area contributed by atoms with Gasteiger partial charge < -0.3 is 20.2 Å². The lowest BCUT2D eigenvalue weighted by atomic mass is 10.1. The van der Waals surface area contributed by atoms with Gasteiger partial charge in [-0.1, -0.05) is 58.1 Å². The van der Waals surface area contributed by atoms with E-state index >= 15 is 0 Å². The topological polar surface area (TPSA) is 116 Å². The Kier molecular flexibility index (Phi) is 13.2. The van der Waals surface area contributed by atoms with Gasteiger partial charge in [0.05, 0.1) is 18.8 Å². The Balaban J connectivity index is 4.45. The summed E-state index contributed by atoms with van der Waals surface area (Å²) in [6.45, 7) is 3.65. The number of hydrogen-bond donors (Lipinski definition) is 4. The molecule has 0 spiro atoms. The third kappa shape index (κ3) is 13.7. The van der Waals surface area contributed by atoms with Crippen LogP contribution in [0.2, 0.25) is 0 Å². The first-order chi connectivity index (χ1) is 11.3. The van der Waals surface area contributed by atoms with E-state index < -0.39 is 26.6 Å². The molecule has 0 aromatic carbocycles. The fourth-order valence-electron chi connectivity index (χ4n) is 2.11. The highest BCUT2D eigenvalue weighted by atomic mass is 31.2. The van der Waals surface area contributed by atoms with Crippen molar-refractivity contribution >= 4 is 13.7 Å². The molecule has 0 radical (unpaired) electrons. The SMILES string of the molecule is CCCC=C[C@H](O)[C@@H](COP(=O)(O)O)NC(=O)CCCCCCC. The van der Waals surface area contributed by atoms with Crippen LogP contribution in [0.1, 0.15) is 65.2 Å². The van der Waals surface area contributed by atoms with E-state index in [1.54, 1.807) is 6.08 Å². The van der Waals surface area contributed by atoms with Crippen LogP contribution in [0.25, 0.3) is 0 Å². The van der Waals surface area contributed by atoms with Gasteiger partial charge in [-0.2, -0.15) is 0 Å². The lowest BCUT2D eigenvalue weighted by Crippen LogP contribution is -2.45. The van der Waals surface area contributed by atoms with Crippen LogP contribution < -0.4 is 5.32 Å². The van der Waals surface area contributed by atoms with Gasteiger partial charge in [0.2, 0.25) is 5.91 Å². The summed E-state index contributed by atoms with van der Waals surface area (Å²) in [6.07, 6.45) is 9.29. The monoisotopic (exact) mass is 365 g/mol. The predicted molar refractivity (Wildman–Crippen MR) is 93.4 cm³/mol. The largest absolute Gasteiger partial charge is 0.469 e. The summed E-state index contributed by atoms with van der Waals surface area (Å²) in [6, 6.07) is -0.895. The van der Waals surface area contributed by atoms with E-state index in [1.165, 1.54) is 6.08 Å². The number of nitrogens with one attached hydrogen (secondary N) is 1. The second-order valence-electron chi connectivity index (χ2n) is 5.83. The van der Waals surface area contributed by atoms with E-state index in [-0.39, 0.29) is 5.91 Å². The van der Waals surface area contributed by atoms with Crippen LogP contribution in [0.15, 0.2) is 12.2 Å². The molecule has 0 aliphatic carbocycles. The number of hydrogen-bond acceptors (Lipinski definition) is 4. The number of aliphatic hydroxyl groups is 1. The Morgan fingerprint density at radius 1 is 1.17 bits per heavy atom. The maximum atomic E-state index is 11.9. The lowest BCUT2D eigenvalue weighted by Gasteiger charge is -2.22. The summed E-state index contributed by atoms with van der Waals surface area (Å²) in [5.74, 6) is -0.256. The second kappa shape index (κ2) is 13.6. The molecule has 0 fully saturated rings. The quantitative estimate of drug-likeness (QED) is 0.214. The first-order valence-electron chi connectivity index (χ1n) is 8.64. The van der Waals surface area contributed by atoms with Crippen LogP contribution in [0.5, 0.6) is 0 Å². The van der Waals surface area contributed by atoms with E-state index in [0.29, 0.717) is 6.42 Å². The molecule has 24 heavy (non-hydrogen) atoms. The third-order valence-corrected chi connectivity index (χ3v) is 3.96. The minimum Gasteiger partial charge on any atom is -0.387 e. The Hall–Kier alpha value is -0.720. The molecule has 0 rings (SSSR count). The fourth-order valence-corrected chi connectivity index (χ4v) is 2.46. The van der Waals surface area contributed by atoms with Crippen LogP contribution in [-0.4, -0.2) is 39.6 Å². The maximum absolute atomic E-state index is 11.9. The number of carbonyl (C=O) groups is 1. The Bertz CT molecular complexity index is 409. The van der Waals surface area contributed by atoms with Crippen molar-refractivity contribution in [2.45, 2.75) is 77.4 Å². The number of allylic oxidation sites excluding steroid dienone is 1. The number of phosphoric acid groups is 1. The Morgan fingerprint density at radius 2 is 1.83 bits per heavy atom. The molecule has 0 bridgehead atoms. The molecule has 4 N–H and O–H groups in total. The van der Waals surface area contributed by atoms with Crippen molar-refractivity contribution in [3.05, 3.63) is 12.2 Å². The lowest BCUT2D eigenvalue weighted by molar-refractivity contribution is -0.123. The summed E-state index contributed by atoms with van der Waals surface area (Å²) < 4.78 is 15.3. The third-order valence-electron chi connectivity index (χ3n) is 3.48. The number of aliphatic hydroxyl groups excluding tert-OH is 1. The molecule has 0 aliphatic rings. The molecule has 0 saturated heterocycles. The highest BCUT2D eigenvalue weighted by Gasteiger charge is 2.24. The van der Waals surface area contributed by atoms with Crippen molar-refractivity contribution in [1.82, 2.24) is 5.32 Å². The molecule has 1 amide bonds. The molecular formula is C16H32NO6P. The zero-order valence-electron chi connectivity index (χ0n) is 14.7. The second-order valence-corrected chi connectivity index (χ2v) is 7.07. The van der Waals surface area contributed by atoms with Gasteiger partial charge in [-0.05, 0) is 12.8 Å². The highest BCUT2D eigenvalue weighted by Crippen LogP contribution is 2.35. The van der Waals surface area contributed by atoms with Crippen molar-refractivity contribution in [2.75, 3.05) is 6.61 Å². The Morgan fingerprint density at radius 3 is 2.42 bits per heavy atom. The summed E-state index contributed by atoms with van der Waals surface area (Å²) in [7, 11) is -4.65. The van der Waals surface area contributed by atoms with E-state index in [4.69, 9.17) is 9.79 Å². The fraction of sp³-hybridized carbons (Fsp3) is 0.812. The molecule has 0 aliphatic heterocycles. The number of phosphoric ester groups is 1. The highest BCUT2D eigenvalue weighted by molar-refractivity contribution is 7.46. The molecule has 2 atom stereocenters. The van der Waals surface area contributed by atoms with Gasteiger partial charge in [0.1, 0.15) is 0 Å². The maximum Gasteiger partial charge on any atom is 0.469 e. The van der Waals surface area contributed by atoms with E-state index in [1.807, 2.05) is 6.92 Å². The predicted octanol–water partition coefficient (Wildman–Crippen LogP) is 2.66. The smallest absolute Gasteiger partial charge is 0.387 e. The standard InChI is InChI=1S/C16H32NO6P/c1-3-5-7-8-10-12-16(19)17-14(13-23-24(20,21)22)15(18)11-9-6-4-2/h9,11,14-15,18H,3-8,10,12-13H2,1-2H3,(H,17,19)(H2,20,21,22)/t14-,15+/m1/s1. The van der Waals surface area contributed by atoms with Gasteiger partial charge in [0.25, 0.3) is 0 Å². The van der Waals surface area contributed by atoms with Gasteiger partial charge in [-0.3, -0.25) is 9.32 Å². The molecule has 0 heterocycles.